The summed E-state index contributed by atoms with van der Waals surface area (Å²) in [6, 6.07) is 5.83. The van der Waals surface area contributed by atoms with Crippen molar-refractivity contribution in [3.8, 4) is 0 Å². The van der Waals surface area contributed by atoms with Crippen molar-refractivity contribution in [2.75, 3.05) is 7.05 Å². The van der Waals surface area contributed by atoms with Crippen LogP contribution in [0.25, 0.3) is 0 Å². The number of carboxylic acid groups (broad SMARTS) is 1. The monoisotopic (exact) mass is 459 g/mol. The number of alkyl halides is 2. The molecule has 0 saturated carbocycles. The predicted molar refractivity (Wildman–Crippen MR) is 121 cm³/mol. The van der Waals surface area contributed by atoms with Gasteiger partial charge >= 0.3 is 5.97 Å². The minimum atomic E-state index is -2.44. The number of halogens is 2. The van der Waals surface area contributed by atoms with E-state index >= 15 is 0 Å². The molecule has 0 aromatic heterocycles. The number of rotatable bonds is 9. The van der Waals surface area contributed by atoms with Crippen molar-refractivity contribution in [3.05, 3.63) is 76.6 Å². The van der Waals surface area contributed by atoms with E-state index in [1.54, 1.807) is 40.0 Å². The summed E-state index contributed by atoms with van der Waals surface area (Å²) in [7, 11) is 1.63. The molecule has 1 aliphatic heterocycles. The molecule has 2 atom stereocenters. The van der Waals surface area contributed by atoms with E-state index in [1.807, 2.05) is 0 Å². The third-order valence-electron chi connectivity index (χ3n) is 4.82. The van der Waals surface area contributed by atoms with Crippen LogP contribution in [0, 0.1) is 5.92 Å². The van der Waals surface area contributed by atoms with Crippen LogP contribution in [-0.2, 0) is 9.53 Å². The zero-order chi connectivity index (χ0) is 24.7. The van der Waals surface area contributed by atoms with Crippen LogP contribution in [-0.4, -0.2) is 41.2 Å². The van der Waals surface area contributed by atoms with Gasteiger partial charge in [-0.3, -0.25) is 4.79 Å². The van der Waals surface area contributed by atoms with Crippen molar-refractivity contribution in [2.24, 2.45) is 11.0 Å². The number of carbonyl (C=O) groups excluding carboxylic acids is 1. The van der Waals surface area contributed by atoms with E-state index in [9.17, 15) is 18.4 Å². The second-order valence-electron chi connectivity index (χ2n) is 7.59. The Bertz CT molecular complexity index is 1050. The highest BCUT2D eigenvalue weighted by atomic mass is 19.3. The lowest BCUT2D eigenvalue weighted by Gasteiger charge is -2.22. The van der Waals surface area contributed by atoms with E-state index in [2.05, 4.69) is 16.1 Å². The van der Waals surface area contributed by atoms with Crippen molar-refractivity contribution < 1.29 is 28.2 Å². The van der Waals surface area contributed by atoms with Gasteiger partial charge in [-0.15, -0.1) is 0 Å². The first-order valence-electron chi connectivity index (χ1n) is 10.2. The number of nitrogens with zero attached hydrogens (tertiary/aromatic N) is 2. The Morgan fingerprint density at radius 2 is 1.88 bits per heavy atom. The maximum absolute atomic E-state index is 12.8. The number of hydrazone groups is 1. The average molecular weight is 459 g/mol. The normalized spacial score (nSPS) is 16.2. The molecule has 1 heterocycles. The van der Waals surface area contributed by atoms with Gasteiger partial charge in [0.15, 0.2) is 0 Å². The molecule has 9 heteroatoms. The number of allylic oxidation sites excluding steroid dienone is 4. The summed E-state index contributed by atoms with van der Waals surface area (Å²) in [5.74, 6) is -1.75. The van der Waals surface area contributed by atoms with Crippen LogP contribution in [0.3, 0.4) is 0 Å². The fourth-order valence-corrected chi connectivity index (χ4v) is 2.81. The molecule has 2 rings (SSSR count). The molecule has 0 saturated heterocycles. The van der Waals surface area contributed by atoms with Gasteiger partial charge in [0.25, 0.3) is 11.8 Å². The molecule has 1 aliphatic rings. The van der Waals surface area contributed by atoms with Crippen molar-refractivity contribution in [1.82, 2.24) is 10.3 Å². The van der Waals surface area contributed by atoms with E-state index < -0.39 is 30.3 Å². The first-order valence-corrected chi connectivity index (χ1v) is 10.2. The second-order valence-corrected chi connectivity index (χ2v) is 7.59. The molecule has 0 bridgehead atoms. The minimum Gasteiger partial charge on any atom is -0.478 e. The summed E-state index contributed by atoms with van der Waals surface area (Å²) in [4.78, 5) is 23.8. The molecule has 1 aromatic rings. The molecule has 7 nitrogen and oxygen atoms in total. The first-order chi connectivity index (χ1) is 15.5. The van der Waals surface area contributed by atoms with E-state index in [1.165, 1.54) is 42.3 Å². The molecule has 0 spiro atoms. The summed E-state index contributed by atoms with van der Waals surface area (Å²) in [6.07, 6.45) is 1.95. The molecule has 0 fully saturated rings. The Balaban J connectivity index is 2.18. The fourth-order valence-electron chi connectivity index (χ4n) is 2.81. The first kappa shape index (κ1) is 25.5. The highest BCUT2D eigenvalue weighted by molar-refractivity contribution is 6.20. The SMILES string of the molecule is CC(=CC=CC(C)C(F)F)OC1=C=C(C(=O)NC(C)c2ccc(C(=O)O)cc2)C(C)=NN1C. The van der Waals surface area contributed by atoms with Crippen molar-refractivity contribution in [3.63, 3.8) is 0 Å². The molecular weight excluding hydrogens is 432 g/mol. The molecule has 2 unspecified atom stereocenters. The van der Waals surface area contributed by atoms with Crippen molar-refractivity contribution in [1.29, 1.82) is 0 Å². The van der Waals surface area contributed by atoms with E-state index in [0.717, 1.165) is 5.56 Å². The van der Waals surface area contributed by atoms with Gasteiger partial charge in [0.1, 0.15) is 11.3 Å². The molecule has 33 heavy (non-hydrogen) atoms. The van der Waals surface area contributed by atoms with E-state index in [-0.39, 0.29) is 17.0 Å². The van der Waals surface area contributed by atoms with E-state index in [0.29, 0.717) is 11.5 Å². The largest absolute Gasteiger partial charge is 0.478 e. The van der Waals surface area contributed by atoms with Crippen molar-refractivity contribution in [2.45, 2.75) is 40.2 Å². The third kappa shape index (κ3) is 7.15. The van der Waals surface area contributed by atoms with Crippen LogP contribution in [0.1, 0.15) is 49.7 Å². The standard InChI is InChI=1S/C24H27F2N3O4/c1-14(22(25)26)7-6-8-15(2)33-21-13-20(17(4)28-29(21)5)23(30)27-16(3)18-9-11-19(12-10-18)24(31)32/h6-12,14,16,22H,1-5H3,(H,27,30)(H,31,32). The molecular formula is C24H27F2N3O4. The number of hydrogen-bond donors (Lipinski definition) is 2. The number of amides is 1. The van der Waals surface area contributed by atoms with Gasteiger partial charge in [0.2, 0.25) is 6.43 Å². The predicted octanol–water partition coefficient (Wildman–Crippen LogP) is 4.63. The van der Waals surface area contributed by atoms with Crippen LogP contribution in [0.2, 0.25) is 0 Å². The molecule has 1 amide bonds. The topological polar surface area (TPSA) is 91.2 Å². The summed E-state index contributed by atoms with van der Waals surface area (Å²) >= 11 is 0. The van der Waals surface area contributed by atoms with Crippen LogP contribution in [0.15, 0.2) is 70.5 Å². The number of ether oxygens (including phenoxy) is 1. The number of hydrogen-bond acceptors (Lipinski definition) is 5. The summed E-state index contributed by atoms with van der Waals surface area (Å²) < 4.78 is 30.8. The lowest BCUT2D eigenvalue weighted by molar-refractivity contribution is -0.117. The number of benzene rings is 1. The van der Waals surface area contributed by atoms with Crippen LogP contribution in [0.4, 0.5) is 8.78 Å². The Labute approximate surface area is 191 Å². The third-order valence-corrected chi connectivity index (χ3v) is 4.82. The average Bonchev–Trinajstić information content (AvgIpc) is 2.75. The Kier molecular flexibility index (Phi) is 8.70. The van der Waals surface area contributed by atoms with Gasteiger partial charge in [-0.2, -0.15) is 5.10 Å². The quantitative estimate of drug-likeness (QED) is 0.319. The minimum absolute atomic E-state index is 0.157. The van der Waals surface area contributed by atoms with Gasteiger partial charge in [-0.05, 0) is 50.3 Å². The van der Waals surface area contributed by atoms with Gasteiger partial charge in [0, 0.05) is 13.0 Å². The molecule has 0 radical (unpaired) electrons. The summed E-state index contributed by atoms with van der Waals surface area (Å²) in [5, 5.41) is 17.6. The van der Waals surface area contributed by atoms with Gasteiger partial charge < -0.3 is 15.2 Å². The highest BCUT2D eigenvalue weighted by Gasteiger charge is 2.22. The molecule has 1 aromatic carbocycles. The summed E-state index contributed by atoms with van der Waals surface area (Å²) in [6.45, 7) is 6.50. The number of aromatic carboxylic acids is 1. The smallest absolute Gasteiger partial charge is 0.335 e. The van der Waals surface area contributed by atoms with Crippen LogP contribution < -0.4 is 5.32 Å². The number of carboxylic acids is 1. The van der Waals surface area contributed by atoms with Gasteiger partial charge in [-0.1, -0.05) is 31.2 Å². The molecule has 2 N–H and O–H groups in total. The Morgan fingerprint density at radius 3 is 2.45 bits per heavy atom. The Morgan fingerprint density at radius 1 is 1.24 bits per heavy atom. The zero-order valence-electron chi connectivity index (χ0n) is 19.1. The molecule has 176 valence electrons. The second kappa shape index (κ2) is 11.2. The van der Waals surface area contributed by atoms with Crippen molar-refractivity contribution >= 4 is 17.6 Å². The Hall–Kier alpha value is -3.71. The number of nitrogens with one attached hydrogen (secondary N) is 1. The van der Waals surface area contributed by atoms with Crippen LogP contribution >= 0.6 is 0 Å². The molecule has 0 aliphatic carbocycles. The maximum atomic E-state index is 12.8. The lowest BCUT2D eigenvalue weighted by Crippen LogP contribution is -2.32. The lowest BCUT2D eigenvalue weighted by atomic mass is 10.0. The highest BCUT2D eigenvalue weighted by Crippen LogP contribution is 2.19. The van der Waals surface area contributed by atoms with E-state index in [4.69, 9.17) is 9.84 Å². The maximum Gasteiger partial charge on any atom is 0.335 e. The number of carbonyl (C=O) groups is 2. The summed E-state index contributed by atoms with van der Waals surface area (Å²) in [5.41, 5.74) is 4.43. The fraction of sp³-hybridized carbons (Fsp3) is 0.333. The van der Waals surface area contributed by atoms with Gasteiger partial charge in [0.05, 0.1) is 17.3 Å². The van der Waals surface area contributed by atoms with Gasteiger partial charge in [-0.25, -0.2) is 18.6 Å². The van der Waals surface area contributed by atoms with Crippen LogP contribution in [0.5, 0.6) is 0 Å². The zero-order valence-corrected chi connectivity index (χ0v) is 19.1.